The third-order valence-corrected chi connectivity index (χ3v) is 3.19. The van der Waals surface area contributed by atoms with Crippen molar-refractivity contribution in [1.29, 1.82) is 0 Å². The van der Waals surface area contributed by atoms with Crippen molar-refractivity contribution in [2.45, 2.75) is 31.7 Å². The van der Waals surface area contributed by atoms with Crippen LogP contribution in [0, 0.1) is 6.92 Å². The van der Waals surface area contributed by atoms with Gasteiger partial charge in [-0.15, -0.1) is 0 Å². The Hall–Kier alpha value is -2.09. The zero-order chi connectivity index (χ0) is 14.7. The van der Waals surface area contributed by atoms with Crippen LogP contribution in [0.5, 0.6) is 0 Å². The highest BCUT2D eigenvalue weighted by Crippen LogP contribution is 2.30. The molecule has 1 aromatic rings. The largest absolute Gasteiger partial charge is 0.382 e. The van der Waals surface area contributed by atoms with E-state index in [1.165, 1.54) is 17.9 Å². The summed E-state index contributed by atoms with van der Waals surface area (Å²) < 4.78 is 12.0. The van der Waals surface area contributed by atoms with Crippen molar-refractivity contribution in [1.82, 2.24) is 9.55 Å². The van der Waals surface area contributed by atoms with Crippen LogP contribution < -0.4 is 11.2 Å². The number of azide groups is 1. The number of aryl methyl sites for hydroxylation is 1. The van der Waals surface area contributed by atoms with Crippen molar-refractivity contribution in [2.75, 3.05) is 13.7 Å². The summed E-state index contributed by atoms with van der Waals surface area (Å²) >= 11 is 0. The number of nitrogens with zero attached hydrogens (tertiary/aromatic N) is 4. The summed E-state index contributed by atoms with van der Waals surface area (Å²) in [6.07, 6.45) is 0.784. The van der Waals surface area contributed by atoms with Crippen molar-refractivity contribution in [3.8, 4) is 0 Å². The number of nitrogens with one attached hydrogen (secondary N) is 1. The standard InChI is InChI=1S/C11H15N5O4/c1-6-4-16(11(18)13-10(6)17)9-3-7(14-15-12)8(20-9)5-19-2/h4,7-9H,3,5H2,1-2H3,(H,13,17,18)/t7-,8-,9-/m1/s1. The van der Waals surface area contributed by atoms with E-state index in [4.69, 9.17) is 15.0 Å². The summed E-state index contributed by atoms with van der Waals surface area (Å²) in [5.74, 6) is 0. The molecule has 1 saturated heterocycles. The zero-order valence-electron chi connectivity index (χ0n) is 11.1. The van der Waals surface area contributed by atoms with Gasteiger partial charge in [0, 0.05) is 30.2 Å². The Morgan fingerprint density at radius 2 is 2.40 bits per heavy atom. The molecule has 1 aliphatic heterocycles. The topological polar surface area (TPSA) is 122 Å². The summed E-state index contributed by atoms with van der Waals surface area (Å²) in [6, 6.07) is -0.413. The molecule has 0 amide bonds. The van der Waals surface area contributed by atoms with Crippen molar-refractivity contribution < 1.29 is 9.47 Å². The lowest BCUT2D eigenvalue weighted by Gasteiger charge is -2.15. The lowest BCUT2D eigenvalue weighted by molar-refractivity contribution is -0.0361. The molecule has 20 heavy (non-hydrogen) atoms. The van der Waals surface area contributed by atoms with Crippen LogP contribution in [0.4, 0.5) is 0 Å². The van der Waals surface area contributed by atoms with Crippen molar-refractivity contribution in [3.05, 3.63) is 43.0 Å². The molecular formula is C11H15N5O4. The van der Waals surface area contributed by atoms with E-state index in [9.17, 15) is 9.59 Å². The molecule has 1 aromatic heterocycles. The quantitative estimate of drug-likeness (QED) is 0.489. The van der Waals surface area contributed by atoms with Gasteiger partial charge in [0.15, 0.2) is 0 Å². The van der Waals surface area contributed by atoms with E-state index in [2.05, 4.69) is 15.0 Å². The molecule has 9 nitrogen and oxygen atoms in total. The first-order valence-electron chi connectivity index (χ1n) is 6.07. The van der Waals surface area contributed by atoms with Gasteiger partial charge in [-0.1, -0.05) is 5.11 Å². The van der Waals surface area contributed by atoms with E-state index in [1.54, 1.807) is 6.92 Å². The monoisotopic (exact) mass is 281 g/mol. The number of rotatable bonds is 4. The first-order valence-corrected chi connectivity index (χ1v) is 6.07. The van der Waals surface area contributed by atoms with Crippen molar-refractivity contribution >= 4 is 0 Å². The van der Waals surface area contributed by atoms with Gasteiger partial charge in [0.25, 0.3) is 5.56 Å². The highest BCUT2D eigenvalue weighted by molar-refractivity contribution is 5.02. The van der Waals surface area contributed by atoms with Gasteiger partial charge in [-0.05, 0) is 12.5 Å². The van der Waals surface area contributed by atoms with Gasteiger partial charge in [-0.25, -0.2) is 4.79 Å². The first kappa shape index (κ1) is 14.3. The van der Waals surface area contributed by atoms with Crippen LogP contribution in [0.1, 0.15) is 18.2 Å². The Labute approximate surface area is 113 Å². The summed E-state index contributed by atoms with van der Waals surface area (Å²) in [5.41, 5.74) is 7.98. The maximum absolute atomic E-state index is 11.8. The number of aromatic nitrogens is 2. The van der Waals surface area contributed by atoms with E-state index in [-0.39, 0.29) is 6.61 Å². The minimum Gasteiger partial charge on any atom is -0.382 e. The fraction of sp³-hybridized carbons (Fsp3) is 0.636. The van der Waals surface area contributed by atoms with E-state index in [1.807, 2.05) is 0 Å². The van der Waals surface area contributed by atoms with E-state index in [0.29, 0.717) is 12.0 Å². The maximum atomic E-state index is 11.8. The van der Waals surface area contributed by atoms with Crippen LogP contribution in [0.25, 0.3) is 10.4 Å². The van der Waals surface area contributed by atoms with Crippen LogP contribution >= 0.6 is 0 Å². The minimum atomic E-state index is -0.589. The number of methoxy groups -OCH3 is 1. The molecule has 0 bridgehead atoms. The smallest absolute Gasteiger partial charge is 0.330 e. The highest BCUT2D eigenvalue weighted by atomic mass is 16.5. The number of H-pyrrole nitrogens is 1. The average Bonchev–Trinajstić information content (AvgIpc) is 2.78. The number of aromatic amines is 1. The first-order chi connectivity index (χ1) is 9.56. The Balaban J connectivity index is 2.31. The molecule has 0 aromatic carbocycles. The Morgan fingerprint density at radius 3 is 3.05 bits per heavy atom. The van der Waals surface area contributed by atoms with E-state index in [0.717, 1.165) is 0 Å². The van der Waals surface area contributed by atoms with Crippen LogP contribution in [-0.4, -0.2) is 35.4 Å². The molecule has 3 atom stereocenters. The van der Waals surface area contributed by atoms with Crippen LogP contribution in [0.3, 0.4) is 0 Å². The minimum absolute atomic E-state index is 0.261. The molecule has 1 N–H and O–H groups in total. The van der Waals surface area contributed by atoms with Gasteiger partial charge in [0.2, 0.25) is 0 Å². The normalized spacial score (nSPS) is 25.4. The molecule has 1 aliphatic rings. The molecular weight excluding hydrogens is 266 g/mol. The molecule has 2 rings (SSSR count). The lowest BCUT2D eigenvalue weighted by Crippen LogP contribution is -2.33. The van der Waals surface area contributed by atoms with Crippen LogP contribution in [-0.2, 0) is 9.47 Å². The maximum Gasteiger partial charge on any atom is 0.330 e. The Bertz CT molecular complexity index is 645. The summed E-state index contributed by atoms with van der Waals surface area (Å²) in [7, 11) is 1.51. The van der Waals surface area contributed by atoms with E-state index < -0.39 is 29.6 Å². The van der Waals surface area contributed by atoms with Gasteiger partial charge >= 0.3 is 5.69 Å². The Morgan fingerprint density at radius 1 is 1.65 bits per heavy atom. The fourth-order valence-corrected chi connectivity index (χ4v) is 2.19. The summed E-state index contributed by atoms with van der Waals surface area (Å²) in [5, 5.41) is 3.66. The van der Waals surface area contributed by atoms with Gasteiger partial charge < -0.3 is 9.47 Å². The molecule has 0 spiro atoms. The van der Waals surface area contributed by atoms with Crippen molar-refractivity contribution in [2.24, 2.45) is 5.11 Å². The van der Waals surface area contributed by atoms with E-state index >= 15 is 0 Å². The second-order valence-electron chi connectivity index (χ2n) is 4.57. The summed E-state index contributed by atoms with van der Waals surface area (Å²) in [6.45, 7) is 1.86. The highest BCUT2D eigenvalue weighted by Gasteiger charge is 2.36. The predicted octanol–water partition coefficient (Wildman–Crippen LogP) is 0.458. The van der Waals surface area contributed by atoms with Gasteiger partial charge in [-0.2, -0.15) is 0 Å². The third kappa shape index (κ3) is 2.74. The molecule has 9 heteroatoms. The molecule has 2 heterocycles. The number of hydrogen-bond acceptors (Lipinski definition) is 5. The molecule has 0 aliphatic carbocycles. The van der Waals surface area contributed by atoms with Gasteiger partial charge in [0.1, 0.15) is 6.23 Å². The fourth-order valence-electron chi connectivity index (χ4n) is 2.19. The lowest BCUT2D eigenvalue weighted by atomic mass is 10.1. The van der Waals surface area contributed by atoms with Crippen molar-refractivity contribution in [3.63, 3.8) is 0 Å². The molecule has 0 saturated carbocycles. The third-order valence-electron chi connectivity index (χ3n) is 3.19. The molecule has 1 fully saturated rings. The number of hydrogen-bond donors (Lipinski definition) is 1. The molecule has 108 valence electrons. The Kier molecular flexibility index (Phi) is 4.23. The molecule has 0 radical (unpaired) electrons. The van der Waals surface area contributed by atoms with Gasteiger partial charge in [-0.3, -0.25) is 14.3 Å². The second-order valence-corrected chi connectivity index (χ2v) is 4.57. The SMILES string of the molecule is COC[C@H]1O[C@@H](n2cc(C)c(=O)[nH]c2=O)C[C@H]1N=[N+]=[N-]. The number of ether oxygens (including phenoxy) is 2. The molecule has 0 unspecified atom stereocenters. The predicted molar refractivity (Wildman–Crippen MR) is 69.4 cm³/mol. The van der Waals surface area contributed by atoms with Crippen LogP contribution in [0.15, 0.2) is 20.9 Å². The zero-order valence-corrected chi connectivity index (χ0v) is 11.1. The second kappa shape index (κ2) is 5.91. The van der Waals surface area contributed by atoms with Gasteiger partial charge in [0.05, 0.1) is 18.8 Å². The van der Waals surface area contributed by atoms with Crippen LogP contribution in [0.2, 0.25) is 0 Å². The summed E-state index contributed by atoms with van der Waals surface area (Å²) in [4.78, 5) is 28.1. The average molecular weight is 281 g/mol.